The number of rotatable bonds is 9. The number of nitrogens with one attached hydrogen (secondary N) is 2. The predicted octanol–water partition coefficient (Wildman–Crippen LogP) is 4.78. The van der Waals surface area contributed by atoms with Crippen molar-refractivity contribution in [1.82, 2.24) is 10.0 Å². The largest absolute Gasteiger partial charge is 0.493 e. The second kappa shape index (κ2) is 11.2. The standard InChI is InChI=1S/C24H22ClF3N2O5S/c1-34-20-10-5-16(11-21(20)35-2)13-29-23(31)17-6-3-15(4-7-17)14-30-36(32,33)22-12-18(24(26,27)28)8-9-19(22)25/h3-12,30H,13-14H2,1-2H3,(H,29,31). The van der Waals surface area contributed by atoms with Gasteiger partial charge in [-0.1, -0.05) is 29.8 Å². The number of methoxy groups -OCH3 is 2. The summed E-state index contributed by atoms with van der Waals surface area (Å²) in [4.78, 5) is 11.8. The molecule has 0 aliphatic rings. The molecular weight excluding hydrogens is 521 g/mol. The van der Waals surface area contributed by atoms with Crippen LogP contribution in [-0.2, 0) is 29.3 Å². The average molecular weight is 543 g/mol. The molecule has 0 heterocycles. The molecule has 0 aliphatic carbocycles. The molecule has 0 fully saturated rings. The first-order chi connectivity index (χ1) is 16.9. The molecule has 1 amide bonds. The Morgan fingerprint density at radius 1 is 0.889 bits per heavy atom. The summed E-state index contributed by atoms with van der Waals surface area (Å²) in [5.74, 6) is 0.740. The van der Waals surface area contributed by atoms with Crippen LogP contribution in [0.15, 0.2) is 65.6 Å². The monoisotopic (exact) mass is 542 g/mol. The summed E-state index contributed by atoms with van der Waals surface area (Å²) >= 11 is 5.83. The number of amides is 1. The van der Waals surface area contributed by atoms with Crippen LogP contribution in [0.3, 0.4) is 0 Å². The Bertz CT molecular complexity index is 1350. The van der Waals surface area contributed by atoms with E-state index >= 15 is 0 Å². The van der Waals surface area contributed by atoms with Gasteiger partial charge in [-0.15, -0.1) is 0 Å². The smallest absolute Gasteiger partial charge is 0.416 e. The fourth-order valence-electron chi connectivity index (χ4n) is 3.19. The molecule has 192 valence electrons. The van der Waals surface area contributed by atoms with Gasteiger partial charge in [-0.3, -0.25) is 4.79 Å². The highest BCUT2D eigenvalue weighted by Gasteiger charge is 2.32. The summed E-state index contributed by atoms with van der Waals surface area (Å²) in [7, 11) is -1.30. The minimum Gasteiger partial charge on any atom is -0.493 e. The number of alkyl halides is 3. The number of sulfonamides is 1. The van der Waals surface area contributed by atoms with Crippen LogP contribution in [0.4, 0.5) is 13.2 Å². The first kappa shape index (κ1) is 27.3. The van der Waals surface area contributed by atoms with E-state index in [0.717, 1.165) is 11.6 Å². The van der Waals surface area contributed by atoms with Crippen LogP contribution in [0, 0.1) is 0 Å². The third-order valence-electron chi connectivity index (χ3n) is 5.13. The molecule has 0 unspecified atom stereocenters. The fourth-order valence-corrected chi connectivity index (χ4v) is 4.73. The van der Waals surface area contributed by atoms with Crippen molar-refractivity contribution in [2.45, 2.75) is 24.2 Å². The van der Waals surface area contributed by atoms with E-state index in [9.17, 15) is 26.4 Å². The van der Waals surface area contributed by atoms with Crippen LogP contribution in [0.25, 0.3) is 0 Å². The molecular formula is C24H22ClF3N2O5S. The van der Waals surface area contributed by atoms with Crippen LogP contribution in [0.1, 0.15) is 27.0 Å². The third kappa shape index (κ3) is 6.68. The molecule has 0 atom stereocenters. The third-order valence-corrected chi connectivity index (χ3v) is 7.01. The molecule has 36 heavy (non-hydrogen) atoms. The van der Waals surface area contributed by atoms with Crippen molar-refractivity contribution < 1.29 is 35.9 Å². The fraction of sp³-hybridized carbons (Fsp3) is 0.208. The van der Waals surface area contributed by atoms with E-state index in [1.807, 2.05) is 0 Å². The minimum atomic E-state index is -4.72. The van der Waals surface area contributed by atoms with Crippen molar-refractivity contribution in [2.75, 3.05) is 14.2 Å². The maximum absolute atomic E-state index is 13.0. The SMILES string of the molecule is COc1ccc(CNC(=O)c2ccc(CNS(=O)(=O)c3cc(C(F)(F)F)ccc3Cl)cc2)cc1OC. The summed E-state index contributed by atoms with van der Waals surface area (Å²) in [5, 5.41) is 2.44. The topological polar surface area (TPSA) is 93.7 Å². The molecule has 0 bridgehead atoms. The minimum absolute atomic E-state index is 0.220. The summed E-state index contributed by atoms with van der Waals surface area (Å²) in [6.45, 7) is 0.0148. The molecule has 0 saturated carbocycles. The quantitative estimate of drug-likeness (QED) is 0.406. The maximum Gasteiger partial charge on any atom is 0.416 e. The Labute approximate surface area is 211 Å². The van der Waals surface area contributed by atoms with Gasteiger partial charge in [-0.05, 0) is 53.6 Å². The van der Waals surface area contributed by atoms with Gasteiger partial charge in [0, 0.05) is 18.7 Å². The van der Waals surface area contributed by atoms with Crippen molar-refractivity contribution in [1.29, 1.82) is 0 Å². The first-order valence-corrected chi connectivity index (χ1v) is 12.2. The van der Waals surface area contributed by atoms with Crippen LogP contribution in [0.2, 0.25) is 5.02 Å². The normalized spacial score (nSPS) is 11.7. The zero-order valence-electron chi connectivity index (χ0n) is 19.1. The maximum atomic E-state index is 13.0. The molecule has 0 spiro atoms. The number of hydrogen-bond donors (Lipinski definition) is 2. The lowest BCUT2D eigenvalue weighted by atomic mass is 10.1. The van der Waals surface area contributed by atoms with Gasteiger partial charge in [0.1, 0.15) is 4.90 Å². The van der Waals surface area contributed by atoms with Gasteiger partial charge in [0.25, 0.3) is 5.91 Å². The number of benzene rings is 3. The molecule has 3 rings (SSSR count). The number of halogens is 4. The Kier molecular flexibility index (Phi) is 8.49. The molecule has 12 heteroatoms. The number of carbonyl (C=O) groups excluding carboxylic acids is 1. The second-order valence-electron chi connectivity index (χ2n) is 7.54. The lowest BCUT2D eigenvalue weighted by Gasteiger charge is -2.12. The van der Waals surface area contributed by atoms with Crippen LogP contribution >= 0.6 is 11.6 Å². The highest BCUT2D eigenvalue weighted by atomic mass is 35.5. The highest BCUT2D eigenvalue weighted by molar-refractivity contribution is 7.89. The summed E-state index contributed by atoms with van der Waals surface area (Å²) in [6.07, 6.45) is -4.72. The molecule has 3 aromatic carbocycles. The van der Waals surface area contributed by atoms with E-state index in [1.165, 1.54) is 38.5 Å². The summed E-state index contributed by atoms with van der Waals surface area (Å²) in [5.41, 5.74) is 0.483. The van der Waals surface area contributed by atoms with E-state index in [2.05, 4.69) is 10.0 Å². The van der Waals surface area contributed by atoms with Gasteiger partial charge in [0.15, 0.2) is 11.5 Å². The highest BCUT2D eigenvalue weighted by Crippen LogP contribution is 2.33. The molecule has 0 saturated heterocycles. The second-order valence-corrected chi connectivity index (χ2v) is 9.68. The van der Waals surface area contributed by atoms with Crippen LogP contribution in [0.5, 0.6) is 11.5 Å². The van der Waals surface area contributed by atoms with Crippen molar-refractivity contribution in [3.63, 3.8) is 0 Å². The van der Waals surface area contributed by atoms with Crippen molar-refractivity contribution in [3.05, 3.63) is 87.9 Å². The Morgan fingerprint density at radius 3 is 2.14 bits per heavy atom. The van der Waals surface area contributed by atoms with Gasteiger partial charge in [0.2, 0.25) is 10.0 Å². The van der Waals surface area contributed by atoms with E-state index < -0.39 is 26.7 Å². The molecule has 0 aromatic heterocycles. The van der Waals surface area contributed by atoms with Gasteiger partial charge in [-0.25, -0.2) is 13.1 Å². The van der Waals surface area contributed by atoms with Gasteiger partial charge in [-0.2, -0.15) is 13.2 Å². The van der Waals surface area contributed by atoms with E-state index in [1.54, 1.807) is 18.2 Å². The summed E-state index contributed by atoms with van der Waals surface area (Å²) < 4.78 is 76.6. The summed E-state index contributed by atoms with van der Waals surface area (Å²) in [6, 6.07) is 13.4. The molecule has 0 aliphatic heterocycles. The van der Waals surface area contributed by atoms with Gasteiger partial charge < -0.3 is 14.8 Å². The number of carbonyl (C=O) groups is 1. The Morgan fingerprint density at radius 2 is 1.53 bits per heavy atom. The zero-order valence-corrected chi connectivity index (χ0v) is 20.7. The molecule has 2 N–H and O–H groups in total. The van der Waals surface area contributed by atoms with Crippen LogP contribution < -0.4 is 19.5 Å². The van der Waals surface area contributed by atoms with Gasteiger partial charge >= 0.3 is 6.18 Å². The number of hydrogen-bond acceptors (Lipinski definition) is 5. The number of ether oxygens (including phenoxy) is 2. The van der Waals surface area contributed by atoms with E-state index in [4.69, 9.17) is 21.1 Å². The Hall–Kier alpha value is -3.28. The molecule has 7 nitrogen and oxygen atoms in total. The van der Waals surface area contributed by atoms with Crippen molar-refractivity contribution in [2.24, 2.45) is 0 Å². The van der Waals surface area contributed by atoms with Crippen molar-refractivity contribution >= 4 is 27.5 Å². The van der Waals surface area contributed by atoms with Gasteiger partial charge in [0.05, 0.1) is 24.8 Å². The molecule has 3 aromatic rings. The van der Waals surface area contributed by atoms with Crippen molar-refractivity contribution in [3.8, 4) is 11.5 Å². The van der Waals surface area contributed by atoms with E-state index in [-0.39, 0.29) is 24.0 Å². The average Bonchev–Trinajstić information content (AvgIpc) is 2.85. The van der Waals surface area contributed by atoms with E-state index in [0.29, 0.717) is 34.8 Å². The Balaban J connectivity index is 1.62. The lowest BCUT2D eigenvalue weighted by Crippen LogP contribution is -2.24. The molecule has 0 radical (unpaired) electrons. The van der Waals surface area contributed by atoms with Crippen LogP contribution in [-0.4, -0.2) is 28.5 Å². The lowest BCUT2D eigenvalue weighted by molar-refractivity contribution is -0.137. The zero-order chi connectivity index (χ0) is 26.5. The predicted molar refractivity (Wildman–Crippen MR) is 128 cm³/mol. The first-order valence-electron chi connectivity index (χ1n) is 10.4.